The van der Waals surface area contributed by atoms with E-state index in [1.54, 1.807) is 24.3 Å². The summed E-state index contributed by atoms with van der Waals surface area (Å²) in [4.78, 5) is 37.7. The van der Waals surface area contributed by atoms with Crippen molar-refractivity contribution in [2.45, 2.75) is 20.0 Å². The summed E-state index contributed by atoms with van der Waals surface area (Å²) in [5, 5.41) is 0. The van der Waals surface area contributed by atoms with Gasteiger partial charge in [0.15, 0.2) is 11.6 Å². The monoisotopic (exact) mass is 353 g/mol. The van der Waals surface area contributed by atoms with Crippen molar-refractivity contribution in [3.05, 3.63) is 64.2 Å². The molecule has 2 aromatic rings. The van der Waals surface area contributed by atoms with Crippen molar-refractivity contribution in [3.63, 3.8) is 0 Å². The van der Waals surface area contributed by atoms with E-state index in [-0.39, 0.29) is 58.8 Å². The summed E-state index contributed by atoms with van der Waals surface area (Å²) in [6.45, 7) is 4.09. The van der Waals surface area contributed by atoms with Crippen LogP contribution in [0, 0.1) is 0 Å². The van der Waals surface area contributed by atoms with Crippen molar-refractivity contribution < 1.29 is 23.9 Å². The van der Waals surface area contributed by atoms with E-state index in [1.807, 2.05) is 13.8 Å². The highest BCUT2D eigenvalue weighted by Crippen LogP contribution is 2.32. The highest BCUT2D eigenvalue weighted by molar-refractivity contribution is 6.30. The van der Waals surface area contributed by atoms with Crippen molar-refractivity contribution in [1.29, 1.82) is 0 Å². The molecule has 0 aromatic heterocycles. The molecule has 6 heteroatoms. The third-order valence-electron chi connectivity index (χ3n) is 4.12. The predicted octanol–water partition coefficient (Wildman–Crippen LogP) is 2.63. The van der Waals surface area contributed by atoms with E-state index in [9.17, 15) is 14.4 Å². The van der Waals surface area contributed by atoms with Gasteiger partial charge in [-0.2, -0.15) is 0 Å². The number of esters is 1. The average molecular weight is 353 g/mol. The third kappa shape index (κ3) is 3.11. The summed E-state index contributed by atoms with van der Waals surface area (Å²) in [5.74, 6) is -1.31. The van der Waals surface area contributed by atoms with Gasteiger partial charge in [-0.25, -0.2) is 4.79 Å². The molecule has 0 radical (unpaired) electrons. The van der Waals surface area contributed by atoms with Gasteiger partial charge in [0.05, 0.1) is 29.5 Å². The van der Waals surface area contributed by atoms with E-state index in [2.05, 4.69) is 0 Å². The van der Waals surface area contributed by atoms with Crippen LogP contribution < -0.4 is 5.73 Å². The van der Waals surface area contributed by atoms with Crippen LogP contribution in [0.25, 0.3) is 0 Å². The maximum Gasteiger partial charge on any atom is 0.340 e. The number of ketones is 2. The molecule has 0 unspecified atom stereocenters. The molecular weight excluding hydrogens is 334 g/mol. The highest BCUT2D eigenvalue weighted by atomic mass is 16.6. The Balaban J connectivity index is 1.90. The number of benzene rings is 2. The fraction of sp³-hybridized carbons (Fsp3) is 0.250. The molecule has 0 amide bonds. The lowest BCUT2D eigenvalue weighted by atomic mass is 9.82. The molecular formula is C20H19NO5. The minimum absolute atomic E-state index is 0.0335. The summed E-state index contributed by atoms with van der Waals surface area (Å²) in [7, 11) is 0. The van der Waals surface area contributed by atoms with E-state index in [0.717, 1.165) is 0 Å². The number of fused-ring (bicyclic) bond motifs is 2. The normalized spacial score (nSPS) is 12.7. The van der Waals surface area contributed by atoms with E-state index < -0.39 is 5.97 Å². The van der Waals surface area contributed by atoms with Crippen molar-refractivity contribution in [3.8, 4) is 0 Å². The number of hydrogen-bond acceptors (Lipinski definition) is 6. The van der Waals surface area contributed by atoms with Gasteiger partial charge in [0.1, 0.15) is 6.61 Å². The lowest BCUT2D eigenvalue weighted by Crippen LogP contribution is -2.24. The van der Waals surface area contributed by atoms with E-state index in [4.69, 9.17) is 15.2 Å². The Morgan fingerprint density at radius 3 is 2.27 bits per heavy atom. The van der Waals surface area contributed by atoms with Crippen molar-refractivity contribution in [2.24, 2.45) is 0 Å². The molecule has 26 heavy (non-hydrogen) atoms. The van der Waals surface area contributed by atoms with Gasteiger partial charge < -0.3 is 15.2 Å². The zero-order valence-corrected chi connectivity index (χ0v) is 14.6. The Morgan fingerprint density at radius 2 is 1.62 bits per heavy atom. The summed E-state index contributed by atoms with van der Waals surface area (Å²) in [5.41, 5.74) is 6.97. The molecule has 0 heterocycles. The van der Waals surface area contributed by atoms with Crippen LogP contribution in [0.15, 0.2) is 36.4 Å². The molecule has 0 atom stereocenters. The summed E-state index contributed by atoms with van der Waals surface area (Å²) in [6.07, 6.45) is 0.0335. The first-order valence-corrected chi connectivity index (χ1v) is 8.31. The number of anilines is 1. The molecule has 0 aliphatic heterocycles. The molecule has 3 rings (SSSR count). The molecule has 0 saturated carbocycles. The maximum absolute atomic E-state index is 12.8. The van der Waals surface area contributed by atoms with Crippen molar-refractivity contribution >= 4 is 23.2 Å². The van der Waals surface area contributed by atoms with Gasteiger partial charge in [-0.3, -0.25) is 9.59 Å². The second kappa shape index (κ2) is 7.09. The zero-order chi connectivity index (χ0) is 18.8. The molecule has 0 bridgehead atoms. The average Bonchev–Trinajstić information content (AvgIpc) is 2.62. The van der Waals surface area contributed by atoms with Gasteiger partial charge in [0.25, 0.3) is 0 Å². The third-order valence-corrected chi connectivity index (χ3v) is 4.12. The van der Waals surface area contributed by atoms with Gasteiger partial charge in [0, 0.05) is 16.7 Å². The SMILES string of the molecule is CC(C)OCCOC(=O)c1ccc2c(c1N)C(=O)c1ccccc1C2=O. The Morgan fingerprint density at radius 1 is 0.962 bits per heavy atom. The first-order chi connectivity index (χ1) is 12.4. The van der Waals surface area contributed by atoms with Crippen LogP contribution in [0.2, 0.25) is 0 Å². The number of carbonyl (C=O) groups excluding carboxylic acids is 3. The predicted molar refractivity (Wildman–Crippen MR) is 95.5 cm³/mol. The maximum atomic E-state index is 12.8. The van der Waals surface area contributed by atoms with Gasteiger partial charge >= 0.3 is 5.97 Å². The molecule has 6 nitrogen and oxygen atoms in total. The molecule has 1 aliphatic carbocycles. The summed E-state index contributed by atoms with van der Waals surface area (Å²) >= 11 is 0. The molecule has 134 valence electrons. The highest BCUT2D eigenvalue weighted by Gasteiger charge is 2.32. The molecule has 0 fully saturated rings. The quantitative estimate of drug-likeness (QED) is 0.430. The number of rotatable bonds is 5. The van der Waals surface area contributed by atoms with Crippen LogP contribution in [0.3, 0.4) is 0 Å². The second-order valence-corrected chi connectivity index (χ2v) is 6.21. The van der Waals surface area contributed by atoms with E-state index in [0.29, 0.717) is 5.56 Å². The lowest BCUT2D eigenvalue weighted by Gasteiger charge is -2.20. The van der Waals surface area contributed by atoms with Crippen LogP contribution >= 0.6 is 0 Å². The van der Waals surface area contributed by atoms with Crippen LogP contribution in [0.1, 0.15) is 56.0 Å². The Hall–Kier alpha value is -2.99. The number of nitrogens with two attached hydrogens (primary N) is 1. The minimum atomic E-state index is -0.656. The summed E-state index contributed by atoms with van der Waals surface area (Å²) < 4.78 is 10.5. The largest absolute Gasteiger partial charge is 0.460 e. The number of nitrogen functional groups attached to an aromatic ring is 1. The Labute approximate surface area is 150 Å². The van der Waals surface area contributed by atoms with Crippen molar-refractivity contribution in [1.82, 2.24) is 0 Å². The fourth-order valence-corrected chi connectivity index (χ4v) is 2.89. The lowest BCUT2D eigenvalue weighted by molar-refractivity contribution is 0.0177. The van der Waals surface area contributed by atoms with Crippen LogP contribution in [0.5, 0.6) is 0 Å². The topological polar surface area (TPSA) is 95.7 Å². The molecule has 2 N–H and O–H groups in total. The number of hydrogen-bond donors (Lipinski definition) is 1. The van der Waals surface area contributed by atoms with E-state index in [1.165, 1.54) is 12.1 Å². The second-order valence-electron chi connectivity index (χ2n) is 6.21. The standard InChI is InChI=1S/C20H19NO5/c1-11(2)25-9-10-26-20(24)15-8-7-14-16(17(15)21)19(23)13-6-4-3-5-12(13)18(14)22/h3-8,11H,9-10,21H2,1-2H3. The summed E-state index contributed by atoms with van der Waals surface area (Å²) in [6, 6.07) is 9.42. The van der Waals surface area contributed by atoms with Crippen LogP contribution in [0.4, 0.5) is 5.69 Å². The minimum Gasteiger partial charge on any atom is -0.460 e. The van der Waals surface area contributed by atoms with Gasteiger partial charge in [-0.15, -0.1) is 0 Å². The Kier molecular flexibility index (Phi) is 4.86. The number of ether oxygens (including phenoxy) is 2. The van der Waals surface area contributed by atoms with E-state index >= 15 is 0 Å². The molecule has 0 saturated heterocycles. The van der Waals surface area contributed by atoms with Crippen molar-refractivity contribution in [2.75, 3.05) is 18.9 Å². The first kappa shape index (κ1) is 17.8. The van der Waals surface area contributed by atoms with Gasteiger partial charge in [0.2, 0.25) is 0 Å². The molecule has 0 spiro atoms. The first-order valence-electron chi connectivity index (χ1n) is 8.31. The smallest absolute Gasteiger partial charge is 0.340 e. The molecule has 2 aromatic carbocycles. The van der Waals surface area contributed by atoms with Gasteiger partial charge in [-0.05, 0) is 26.0 Å². The Bertz CT molecular complexity index is 901. The number of carbonyl (C=O) groups is 3. The van der Waals surface area contributed by atoms with Crippen LogP contribution in [-0.2, 0) is 9.47 Å². The molecule has 1 aliphatic rings. The van der Waals surface area contributed by atoms with Crippen LogP contribution in [-0.4, -0.2) is 36.9 Å². The zero-order valence-electron chi connectivity index (χ0n) is 14.6. The van der Waals surface area contributed by atoms with Gasteiger partial charge in [-0.1, -0.05) is 24.3 Å². The fourth-order valence-electron chi connectivity index (χ4n) is 2.89.